The van der Waals surface area contributed by atoms with Crippen molar-refractivity contribution in [1.82, 2.24) is 4.90 Å². The zero-order valence-electron chi connectivity index (χ0n) is 10.4. The number of rotatable bonds is 4. The van der Waals surface area contributed by atoms with Crippen LogP contribution in [-0.4, -0.2) is 10.8 Å². The summed E-state index contributed by atoms with van der Waals surface area (Å²) >= 11 is 3.23. The van der Waals surface area contributed by atoms with Crippen LogP contribution in [-0.2, 0) is 11.3 Å². The Kier molecular flexibility index (Phi) is 3.71. The molecule has 0 bridgehead atoms. The fraction of sp³-hybridized carbons (Fsp3) is 0.267. The lowest BCUT2D eigenvalue weighted by atomic mass is 9.74. The fourth-order valence-electron chi connectivity index (χ4n) is 2.21. The second-order valence-electron chi connectivity index (χ2n) is 4.72. The largest absolute Gasteiger partial charge is 0.310 e. The van der Waals surface area contributed by atoms with Crippen molar-refractivity contribution < 1.29 is 4.79 Å². The molecular weight excluding hydrogens is 290 g/mol. The molecule has 1 unspecified atom stereocenters. The summed E-state index contributed by atoms with van der Waals surface area (Å²) in [7, 11) is 0. The van der Waals surface area contributed by atoms with Crippen LogP contribution in [0.3, 0.4) is 0 Å². The molecule has 1 atom stereocenters. The van der Waals surface area contributed by atoms with Crippen LogP contribution in [0.2, 0.25) is 0 Å². The molecule has 0 aliphatic carbocycles. The number of hydrogen-bond acceptors (Lipinski definition) is 1. The standard InChI is InChI=1S/C15H16BrNO/c1-12-15(2,9-6-10-16)14(18)17(12)11-13-7-4-3-5-8-13/h3-8,10H,1,9,11H2,2H3/b10-6-. The van der Waals surface area contributed by atoms with Crippen molar-refractivity contribution in [2.24, 2.45) is 5.41 Å². The van der Waals surface area contributed by atoms with Crippen molar-refractivity contribution in [1.29, 1.82) is 0 Å². The van der Waals surface area contributed by atoms with Gasteiger partial charge >= 0.3 is 0 Å². The van der Waals surface area contributed by atoms with Gasteiger partial charge < -0.3 is 4.90 Å². The van der Waals surface area contributed by atoms with Crippen molar-refractivity contribution in [3.05, 3.63) is 59.2 Å². The maximum absolute atomic E-state index is 12.2. The molecule has 2 rings (SSSR count). The number of carbonyl (C=O) groups excluding carboxylic acids is 1. The van der Waals surface area contributed by atoms with Crippen LogP contribution in [0.1, 0.15) is 18.9 Å². The van der Waals surface area contributed by atoms with E-state index in [0.29, 0.717) is 13.0 Å². The Balaban J connectivity index is 2.07. The molecule has 1 saturated heterocycles. The molecule has 1 fully saturated rings. The van der Waals surface area contributed by atoms with Gasteiger partial charge in [-0.15, -0.1) is 0 Å². The number of halogens is 1. The van der Waals surface area contributed by atoms with Crippen LogP contribution in [0, 0.1) is 5.41 Å². The highest BCUT2D eigenvalue weighted by atomic mass is 79.9. The first-order valence-electron chi connectivity index (χ1n) is 5.90. The van der Waals surface area contributed by atoms with Crippen LogP contribution in [0.5, 0.6) is 0 Å². The minimum Gasteiger partial charge on any atom is -0.310 e. The number of allylic oxidation sites excluding steroid dienone is 1. The van der Waals surface area contributed by atoms with Gasteiger partial charge in [0.05, 0.1) is 12.0 Å². The first kappa shape index (κ1) is 13.1. The SMILES string of the molecule is C=C1N(Cc2ccccc2)C(=O)C1(C)C/C=C\Br. The van der Waals surface area contributed by atoms with Gasteiger partial charge in [-0.05, 0) is 23.9 Å². The van der Waals surface area contributed by atoms with E-state index in [1.165, 1.54) is 0 Å². The monoisotopic (exact) mass is 305 g/mol. The molecule has 0 radical (unpaired) electrons. The average molecular weight is 306 g/mol. The van der Waals surface area contributed by atoms with E-state index in [2.05, 4.69) is 22.5 Å². The molecule has 0 saturated carbocycles. The zero-order valence-corrected chi connectivity index (χ0v) is 12.0. The smallest absolute Gasteiger partial charge is 0.239 e. The summed E-state index contributed by atoms with van der Waals surface area (Å²) < 4.78 is 0. The summed E-state index contributed by atoms with van der Waals surface area (Å²) in [5, 5.41) is 0. The lowest BCUT2D eigenvalue weighted by Crippen LogP contribution is -2.56. The van der Waals surface area contributed by atoms with Crippen molar-refractivity contribution >= 4 is 21.8 Å². The molecule has 2 nitrogen and oxygen atoms in total. The van der Waals surface area contributed by atoms with E-state index in [9.17, 15) is 4.79 Å². The molecule has 1 aromatic carbocycles. The summed E-state index contributed by atoms with van der Waals surface area (Å²) in [6.45, 7) is 6.62. The number of nitrogens with zero attached hydrogens (tertiary/aromatic N) is 1. The predicted octanol–water partition coefficient (Wildman–Crippen LogP) is 3.85. The van der Waals surface area contributed by atoms with Gasteiger partial charge in [0.25, 0.3) is 0 Å². The molecule has 18 heavy (non-hydrogen) atoms. The molecule has 3 heteroatoms. The van der Waals surface area contributed by atoms with Crippen LogP contribution < -0.4 is 0 Å². The Morgan fingerprint density at radius 1 is 1.39 bits per heavy atom. The van der Waals surface area contributed by atoms with Gasteiger partial charge in [0.15, 0.2) is 0 Å². The Bertz CT molecular complexity index is 476. The van der Waals surface area contributed by atoms with Crippen LogP contribution in [0.25, 0.3) is 0 Å². The van der Waals surface area contributed by atoms with Gasteiger partial charge in [-0.1, -0.05) is 58.9 Å². The quantitative estimate of drug-likeness (QED) is 0.774. The van der Waals surface area contributed by atoms with Crippen LogP contribution in [0.4, 0.5) is 0 Å². The highest BCUT2D eigenvalue weighted by Gasteiger charge is 2.51. The maximum atomic E-state index is 12.2. The minimum absolute atomic E-state index is 0.155. The molecule has 1 amide bonds. The van der Waals surface area contributed by atoms with Crippen LogP contribution >= 0.6 is 15.9 Å². The second kappa shape index (κ2) is 5.11. The van der Waals surface area contributed by atoms with Gasteiger partial charge in [0.2, 0.25) is 5.91 Å². The van der Waals surface area contributed by atoms with Gasteiger partial charge in [0.1, 0.15) is 0 Å². The highest BCUT2D eigenvalue weighted by Crippen LogP contribution is 2.45. The van der Waals surface area contributed by atoms with E-state index in [1.807, 2.05) is 43.3 Å². The predicted molar refractivity (Wildman–Crippen MR) is 76.9 cm³/mol. The third-order valence-electron chi connectivity index (χ3n) is 3.48. The zero-order chi connectivity index (χ0) is 13.2. The molecule has 1 aliphatic heterocycles. The summed E-state index contributed by atoms with van der Waals surface area (Å²) in [5.41, 5.74) is 1.60. The van der Waals surface area contributed by atoms with Gasteiger partial charge in [-0.25, -0.2) is 0 Å². The van der Waals surface area contributed by atoms with Gasteiger partial charge in [0, 0.05) is 5.70 Å². The average Bonchev–Trinajstić information content (AvgIpc) is 2.42. The van der Waals surface area contributed by atoms with E-state index in [1.54, 1.807) is 9.89 Å². The van der Waals surface area contributed by atoms with Crippen molar-refractivity contribution in [2.75, 3.05) is 0 Å². The topological polar surface area (TPSA) is 20.3 Å². The summed E-state index contributed by atoms with van der Waals surface area (Å²) in [4.78, 5) is 15.8. The number of β-lactam (4-membered cyclic amide) rings is 1. The lowest BCUT2D eigenvalue weighted by molar-refractivity contribution is -0.150. The Morgan fingerprint density at radius 2 is 2.06 bits per heavy atom. The molecule has 94 valence electrons. The molecule has 1 heterocycles. The maximum Gasteiger partial charge on any atom is 0.239 e. The normalized spacial score (nSPS) is 23.6. The van der Waals surface area contributed by atoms with E-state index in [-0.39, 0.29) is 5.91 Å². The van der Waals surface area contributed by atoms with Gasteiger partial charge in [-0.3, -0.25) is 4.79 Å². The minimum atomic E-state index is -0.431. The Hall–Kier alpha value is -1.35. The Morgan fingerprint density at radius 3 is 2.61 bits per heavy atom. The lowest BCUT2D eigenvalue weighted by Gasteiger charge is -2.48. The third-order valence-corrected chi connectivity index (χ3v) is 3.85. The van der Waals surface area contributed by atoms with Crippen molar-refractivity contribution in [3.8, 4) is 0 Å². The first-order valence-corrected chi connectivity index (χ1v) is 6.81. The molecule has 0 spiro atoms. The molecular formula is C15H16BrNO. The number of carbonyl (C=O) groups is 1. The van der Waals surface area contributed by atoms with Crippen molar-refractivity contribution in [2.45, 2.75) is 19.9 Å². The van der Waals surface area contributed by atoms with Crippen LogP contribution in [0.15, 0.2) is 53.7 Å². The van der Waals surface area contributed by atoms with E-state index < -0.39 is 5.41 Å². The molecule has 1 aliphatic rings. The number of amides is 1. The fourth-order valence-corrected chi connectivity index (χ4v) is 2.39. The third kappa shape index (κ3) is 2.15. The van der Waals surface area contributed by atoms with E-state index in [0.717, 1.165) is 11.3 Å². The number of benzene rings is 1. The van der Waals surface area contributed by atoms with E-state index >= 15 is 0 Å². The van der Waals surface area contributed by atoms with Gasteiger partial charge in [-0.2, -0.15) is 0 Å². The summed E-state index contributed by atoms with van der Waals surface area (Å²) in [6.07, 6.45) is 2.64. The first-order chi connectivity index (χ1) is 8.59. The number of hydrogen-bond donors (Lipinski definition) is 0. The summed E-state index contributed by atoms with van der Waals surface area (Å²) in [6, 6.07) is 9.98. The molecule has 0 N–H and O–H groups in total. The number of likely N-dealkylation sites (tertiary alicyclic amines) is 1. The van der Waals surface area contributed by atoms with E-state index in [4.69, 9.17) is 0 Å². The molecule has 1 aromatic rings. The highest BCUT2D eigenvalue weighted by molar-refractivity contribution is 9.11. The van der Waals surface area contributed by atoms with Crippen molar-refractivity contribution in [3.63, 3.8) is 0 Å². The molecule has 0 aromatic heterocycles. The Labute approximate surface area is 116 Å². The summed E-state index contributed by atoms with van der Waals surface area (Å²) in [5.74, 6) is 0.155. The second-order valence-corrected chi connectivity index (χ2v) is 5.25.